The van der Waals surface area contributed by atoms with E-state index in [0.717, 1.165) is 12.8 Å². The molecule has 7 heteroatoms. The van der Waals surface area contributed by atoms with E-state index >= 15 is 0 Å². The maximum absolute atomic E-state index is 11.2. The standard InChI is InChI=1S/C14H22N4O3/c1-16-9-15-13(18(20)21)14(16)17-8-11(19)7-12(17)10-5-3-2-4-6-10/h9-12,19H,2-8H2,1H3. The van der Waals surface area contributed by atoms with Gasteiger partial charge in [-0.2, -0.15) is 0 Å². The van der Waals surface area contributed by atoms with Crippen molar-refractivity contribution < 1.29 is 10.0 Å². The number of anilines is 1. The summed E-state index contributed by atoms with van der Waals surface area (Å²) in [6.07, 6.45) is 7.79. The van der Waals surface area contributed by atoms with Crippen molar-refractivity contribution in [2.75, 3.05) is 11.4 Å². The first-order chi connectivity index (χ1) is 10.1. The number of nitro groups is 1. The number of aliphatic hydroxyl groups is 1. The Kier molecular flexibility index (Phi) is 3.84. The minimum Gasteiger partial charge on any atom is -0.391 e. The predicted molar refractivity (Wildman–Crippen MR) is 78.2 cm³/mol. The summed E-state index contributed by atoms with van der Waals surface area (Å²) in [5.41, 5.74) is 0. The van der Waals surface area contributed by atoms with Crippen LogP contribution in [0.2, 0.25) is 0 Å². The molecule has 0 radical (unpaired) electrons. The van der Waals surface area contributed by atoms with E-state index in [1.54, 1.807) is 11.6 Å². The van der Waals surface area contributed by atoms with Gasteiger partial charge in [0.1, 0.15) is 0 Å². The SMILES string of the molecule is Cn1cnc([N+](=O)[O-])c1N1CC(O)CC1C1CCCCC1. The number of aliphatic hydroxyl groups excluding tert-OH is 1. The molecular weight excluding hydrogens is 272 g/mol. The summed E-state index contributed by atoms with van der Waals surface area (Å²) in [6, 6.07) is 0.189. The van der Waals surface area contributed by atoms with Crippen molar-refractivity contribution in [3.05, 3.63) is 16.4 Å². The first-order valence-corrected chi connectivity index (χ1v) is 7.68. The van der Waals surface area contributed by atoms with Crippen LogP contribution in [-0.2, 0) is 7.05 Å². The highest BCUT2D eigenvalue weighted by Crippen LogP contribution is 2.39. The van der Waals surface area contributed by atoms with Crippen molar-refractivity contribution in [1.29, 1.82) is 0 Å². The maximum Gasteiger partial charge on any atom is 0.406 e. The summed E-state index contributed by atoms with van der Waals surface area (Å²) in [6.45, 7) is 0.460. The molecule has 2 fully saturated rings. The topological polar surface area (TPSA) is 84.4 Å². The average molecular weight is 294 g/mol. The summed E-state index contributed by atoms with van der Waals surface area (Å²) in [5.74, 6) is 0.949. The lowest BCUT2D eigenvalue weighted by Gasteiger charge is -2.34. The van der Waals surface area contributed by atoms with Gasteiger partial charge in [0, 0.05) is 19.6 Å². The summed E-state index contributed by atoms with van der Waals surface area (Å²) in [7, 11) is 1.78. The number of aromatic nitrogens is 2. The highest BCUT2D eigenvalue weighted by atomic mass is 16.6. The molecule has 1 N–H and O–H groups in total. The number of β-amino-alcohol motifs (C(OH)–C–C–N with tert-alkyl or cyclic N) is 1. The molecule has 0 spiro atoms. The Hall–Kier alpha value is -1.63. The van der Waals surface area contributed by atoms with Crippen molar-refractivity contribution in [3.8, 4) is 0 Å². The van der Waals surface area contributed by atoms with Crippen LogP contribution in [0.15, 0.2) is 6.33 Å². The Morgan fingerprint density at radius 2 is 2.10 bits per heavy atom. The molecule has 1 aliphatic carbocycles. The van der Waals surface area contributed by atoms with Crippen LogP contribution in [0.4, 0.5) is 11.6 Å². The van der Waals surface area contributed by atoms with E-state index in [9.17, 15) is 15.2 Å². The van der Waals surface area contributed by atoms with Crippen molar-refractivity contribution in [2.24, 2.45) is 13.0 Å². The third-order valence-corrected chi connectivity index (χ3v) is 4.85. The van der Waals surface area contributed by atoms with Crippen LogP contribution >= 0.6 is 0 Å². The number of rotatable bonds is 3. The van der Waals surface area contributed by atoms with Gasteiger partial charge in [0.25, 0.3) is 0 Å². The van der Waals surface area contributed by atoms with E-state index in [-0.39, 0.29) is 11.9 Å². The summed E-state index contributed by atoms with van der Waals surface area (Å²) >= 11 is 0. The second kappa shape index (κ2) is 5.63. The van der Waals surface area contributed by atoms with E-state index < -0.39 is 11.0 Å². The maximum atomic E-state index is 11.2. The van der Waals surface area contributed by atoms with E-state index in [4.69, 9.17) is 0 Å². The van der Waals surface area contributed by atoms with Gasteiger partial charge in [0.15, 0.2) is 0 Å². The quantitative estimate of drug-likeness (QED) is 0.679. The van der Waals surface area contributed by atoms with E-state index in [1.807, 2.05) is 4.90 Å². The number of imidazole rings is 1. The van der Waals surface area contributed by atoms with Crippen LogP contribution < -0.4 is 4.90 Å². The van der Waals surface area contributed by atoms with Crippen LogP contribution in [0.1, 0.15) is 38.5 Å². The largest absolute Gasteiger partial charge is 0.406 e. The third-order valence-electron chi connectivity index (χ3n) is 4.85. The first-order valence-electron chi connectivity index (χ1n) is 7.68. The summed E-state index contributed by atoms with van der Waals surface area (Å²) in [4.78, 5) is 16.7. The van der Waals surface area contributed by atoms with Gasteiger partial charge in [-0.1, -0.05) is 19.3 Å². The number of aryl methyl sites for hydroxylation is 1. The van der Waals surface area contributed by atoms with Crippen LogP contribution in [0.25, 0.3) is 0 Å². The normalized spacial score (nSPS) is 27.2. The van der Waals surface area contributed by atoms with Crippen LogP contribution in [0.5, 0.6) is 0 Å². The van der Waals surface area contributed by atoms with Gasteiger partial charge in [0.2, 0.25) is 12.1 Å². The van der Waals surface area contributed by atoms with Crippen LogP contribution in [0, 0.1) is 16.0 Å². The minimum atomic E-state index is -0.433. The molecule has 21 heavy (non-hydrogen) atoms. The molecule has 1 aromatic rings. The average Bonchev–Trinajstić information content (AvgIpc) is 3.02. The second-order valence-corrected chi connectivity index (χ2v) is 6.27. The number of nitrogens with zero attached hydrogens (tertiary/aromatic N) is 4. The zero-order valence-corrected chi connectivity index (χ0v) is 12.3. The Morgan fingerprint density at radius 3 is 2.76 bits per heavy atom. The summed E-state index contributed by atoms with van der Waals surface area (Å²) < 4.78 is 1.70. The molecule has 2 heterocycles. The Balaban J connectivity index is 1.91. The molecule has 1 aliphatic heterocycles. The Bertz CT molecular complexity index is 524. The van der Waals surface area contributed by atoms with E-state index in [1.165, 1.54) is 25.6 Å². The van der Waals surface area contributed by atoms with E-state index in [0.29, 0.717) is 24.7 Å². The van der Waals surface area contributed by atoms with Crippen LogP contribution in [-0.4, -0.2) is 38.3 Å². The lowest BCUT2D eigenvalue weighted by molar-refractivity contribution is -0.388. The summed E-state index contributed by atoms with van der Waals surface area (Å²) in [5, 5.41) is 21.3. The van der Waals surface area contributed by atoms with Crippen molar-refractivity contribution in [1.82, 2.24) is 9.55 Å². The first kappa shape index (κ1) is 14.3. The smallest absolute Gasteiger partial charge is 0.391 e. The fourth-order valence-corrected chi connectivity index (χ4v) is 3.92. The van der Waals surface area contributed by atoms with Gasteiger partial charge in [-0.05, 0) is 35.1 Å². The molecule has 0 aromatic carbocycles. The molecule has 7 nitrogen and oxygen atoms in total. The lowest BCUT2D eigenvalue weighted by atomic mass is 9.83. The van der Waals surface area contributed by atoms with Gasteiger partial charge in [-0.25, -0.2) is 0 Å². The fourth-order valence-electron chi connectivity index (χ4n) is 3.92. The third kappa shape index (κ3) is 2.62. The predicted octanol–water partition coefficient (Wildman–Crippen LogP) is 1.85. The second-order valence-electron chi connectivity index (χ2n) is 6.27. The van der Waals surface area contributed by atoms with Crippen molar-refractivity contribution in [3.63, 3.8) is 0 Å². The molecule has 1 saturated carbocycles. The molecule has 0 bridgehead atoms. The molecule has 2 aliphatic rings. The highest BCUT2D eigenvalue weighted by Gasteiger charge is 2.41. The van der Waals surface area contributed by atoms with Gasteiger partial charge < -0.3 is 20.1 Å². The molecule has 0 amide bonds. The molecule has 1 aromatic heterocycles. The zero-order chi connectivity index (χ0) is 15.0. The number of hydrogen-bond donors (Lipinski definition) is 1. The Labute approximate surface area is 123 Å². The molecule has 2 unspecified atom stereocenters. The molecule has 2 atom stereocenters. The highest BCUT2D eigenvalue weighted by molar-refractivity contribution is 5.56. The van der Waals surface area contributed by atoms with Gasteiger partial charge in [-0.15, -0.1) is 0 Å². The van der Waals surface area contributed by atoms with Crippen molar-refractivity contribution >= 4 is 11.6 Å². The lowest BCUT2D eigenvalue weighted by Crippen LogP contribution is -2.38. The monoisotopic (exact) mass is 294 g/mol. The Morgan fingerprint density at radius 1 is 1.38 bits per heavy atom. The van der Waals surface area contributed by atoms with Gasteiger partial charge in [-0.3, -0.25) is 4.57 Å². The molecular formula is C14H22N4O3. The molecule has 116 valence electrons. The van der Waals surface area contributed by atoms with Gasteiger partial charge >= 0.3 is 5.82 Å². The van der Waals surface area contributed by atoms with Crippen molar-refractivity contribution in [2.45, 2.75) is 50.7 Å². The minimum absolute atomic E-state index is 0.104. The number of hydrogen-bond acceptors (Lipinski definition) is 5. The zero-order valence-electron chi connectivity index (χ0n) is 12.3. The van der Waals surface area contributed by atoms with Gasteiger partial charge in [0.05, 0.1) is 6.10 Å². The van der Waals surface area contributed by atoms with E-state index in [2.05, 4.69) is 4.98 Å². The molecule has 3 rings (SSSR count). The van der Waals surface area contributed by atoms with Crippen LogP contribution in [0.3, 0.4) is 0 Å². The molecule has 1 saturated heterocycles. The fraction of sp³-hybridized carbons (Fsp3) is 0.786.